The van der Waals surface area contributed by atoms with Gasteiger partial charge in [0.05, 0.1) is 7.11 Å². The maximum atomic E-state index is 11.3. The summed E-state index contributed by atoms with van der Waals surface area (Å²) >= 11 is 0. The maximum Gasteiger partial charge on any atom is 0.322 e. The Morgan fingerprint density at radius 3 is 2.87 bits per heavy atom. The molecule has 1 aliphatic rings. The lowest BCUT2D eigenvalue weighted by Gasteiger charge is -2.23. The van der Waals surface area contributed by atoms with Crippen molar-refractivity contribution < 1.29 is 9.53 Å². The van der Waals surface area contributed by atoms with Gasteiger partial charge in [0.1, 0.15) is 6.04 Å². The Hall–Kier alpha value is -0.610. The molecule has 1 saturated heterocycles. The molecular weight excluding hydrogens is 192 g/mol. The third-order valence-corrected chi connectivity index (χ3v) is 3.23. The molecule has 0 spiro atoms. The van der Waals surface area contributed by atoms with Crippen LogP contribution in [0.5, 0.6) is 0 Å². The van der Waals surface area contributed by atoms with Gasteiger partial charge < -0.3 is 15.0 Å². The number of ether oxygens (including phenoxy) is 1. The van der Waals surface area contributed by atoms with E-state index in [-0.39, 0.29) is 12.0 Å². The number of nitrogens with zero attached hydrogens (tertiary/aromatic N) is 1. The summed E-state index contributed by atoms with van der Waals surface area (Å²) in [7, 11) is 3.24. The molecule has 1 heterocycles. The van der Waals surface area contributed by atoms with E-state index in [1.54, 1.807) is 7.05 Å². The normalized spacial score (nSPS) is 24.1. The third-order valence-electron chi connectivity index (χ3n) is 3.23. The fraction of sp³-hybridized carbons (Fsp3) is 0.909. The SMILES string of the molecule is CNC(CCN1CCCC1C)C(=O)OC. The van der Waals surface area contributed by atoms with Gasteiger partial charge in [-0.2, -0.15) is 0 Å². The van der Waals surface area contributed by atoms with Crippen LogP contribution in [0.25, 0.3) is 0 Å². The molecule has 0 aromatic carbocycles. The van der Waals surface area contributed by atoms with Crippen LogP contribution < -0.4 is 5.32 Å². The van der Waals surface area contributed by atoms with Gasteiger partial charge in [-0.3, -0.25) is 4.79 Å². The minimum atomic E-state index is -0.164. The number of hydrogen-bond acceptors (Lipinski definition) is 4. The van der Waals surface area contributed by atoms with Crippen molar-refractivity contribution in [3.05, 3.63) is 0 Å². The molecule has 1 N–H and O–H groups in total. The predicted octanol–water partition coefficient (Wildman–Crippen LogP) is 0.622. The zero-order valence-electron chi connectivity index (χ0n) is 9.95. The summed E-state index contributed by atoms with van der Waals surface area (Å²) in [6.07, 6.45) is 3.39. The largest absolute Gasteiger partial charge is 0.468 e. The van der Waals surface area contributed by atoms with Crippen molar-refractivity contribution in [2.24, 2.45) is 0 Å². The van der Waals surface area contributed by atoms with Crippen molar-refractivity contribution in [2.75, 3.05) is 27.2 Å². The first kappa shape index (κ1) is 12.5. The number of carbonyl (C=O) groups is 1. The molecule has 2 unspecified atom stereocenters. The Kier molecular flexibility index (Phi) is 5.05. The molecule has 4 heteroatoms. The maximum absolute atomic E-state index is 11.3. The second-order valence-corrected chi connectivity index (χ2v) is 4.18. The van der Waals surface area contributed by atoms with E-state index in [1.165, 1.54) is 26.5 Å². The molecule has 0 amide bonds. The fourth-order valence-electron chi connectivity index (χ4n) is 2.14. The first-order valence-corrected chi connectivity index (χ1v) is 5.68. The summed E-state index contributed by atoms with van der Waals surface area (Å²) in [6, 6.07) is 0.503. The van der Waals surface area contributed by atoms with Crippen molar-refractivity contribution in [3.8, 4) is 0 Å². The van der Waals surface area contributed by atoms with E-state index in [1.807, 2.05) is 0 Å². The number of methoxy groups -OCH3 is 1. The van der Waals surface area contributed by atoms with E-state index in [2.05, 4.69) is 17.1 Å². The standard InChI is InChI=1S/C11H22N2O2/c1-9-5-4-7-13(9)8-6-10(12-2)11(14)15-3/h9-10,12H,4-8H2,1-3H3. The molecule has 4 nitrogen and oxygen atoms in total. The van der Waals surface area contributed by atoms with Crippen LogP contribution in [0.2, 0.25) is 0 Å². The average molecular weight is 214 g/mol. The molecule has 1 fully saturated rings. The highest BCUT2D eigenvalue weighted by molar-refractivity contribution is 5.75. The monoisotopic (exact) mass is 214 g/mol. The van der Waals surface area contributed by atoms with Crippen molar-refractivity contribution in [1.29, 1.82) is 0 Å². The molecule has 1 aliphatic heterocycles. The van der Waals surface area contributed by atoms with Crippen LogP contribution in [-0.2, 0) is 9.53 Å². The van der Waals surface area contributed by atoms with Crippen LogP contribution in [0.15, 0.2) is 0 Å². The van der Waals surface area contributed by atoms with Crippen LogP contribution >= 0.6 is 0 Å². The van der Waals surface area contributed by atoms with E-state index < -0.39 is 0 Å². The molecule has 1 rings (SSSR count). The first-order chi connectivity index (χ1) is 7.19. The van der Waals surface area contributed by atoms with Gasteiger partial charge in [0.25, 0.3) is 0 Å². The Balaban J connectivity index is 2.30. The van der Waals surface area contributed by atoms with Crippen LogP contribution in [0.4, 0.5) is 0 Å². The molecule has 0 bridgehead atoms. The minimum Gasteiger partial charge on any atom is -0.468 e. The van der Waals surface area contributed by atoms with Crippen LogP contribution in [-0.4, -0.2) is 50.2 Å². The zero-order valence-corrected chi connectivity index (χ0v) is 9.95. The van der Waals surface area contributed by atoms with Crippen LogP contribution in [0.1, 0.15) is 26.2 Å². The van der Waals surface area contributed by atoms with Crippen molar-refractivity contribution in [3.63, 3.8) is 0 Å². The highest BCUT2D eigenvalue weighted by Gasteiger charge is 2.23. The zero-order chi connectivity index (χ0) is 11.3. The Bertz CT molecular complexity index is 209. The molecule has 88 valence electrons. The van der Waals surface area contributed by atoms with Gasteiger partial charge in [-0.05, 0) is 39.8 Å². The summed E-state index contributed by atoms with van der Waals surface area (Å²) in [5.41, 5.74) is 0. The molecule has 0 aliphatic carbocycles. The molecular formula is C11H22N2O2. The number of nitrogens with one attached hydrogen (secondary N) is 1. The molecule has 0 aromatic rings. The topological polar surface area (TPSA) is 41.6 Å². The third kappa shape index (κ3) is 3.47. The Morgan fingerprint density at radius 2 is 2.40 bits per heavy atom. The Labute approximate surface area is 92.0 Å². The minimum absolute atomic E-state index is 0.163. The first-order valence-electron chi connectivity index (χ1n) is 5.68. The molecule has 15 heavy (non-hydrogen) atoms. The van der Waals surface area contributed by atoms with E-state index in [0.29, 0.717) is 6.04 Å². The van der Waals surface area contributed by atoms with E-state index in [0.717, 1.165) is 13.0 Å². The highest BCUT2D eigenvalue weighted by atomic mass is 16.5. The lowest BCUT2D eigenvalue weighted by molar-refractivity contribution is -0.143. The van der Waals surface area contributed by atoms with Gasteiger partial charge in [-0.25, -0.2) is 0 Å². The molecule has 0 saturated carbocycles. The van der Waals surface area contributed by atoms with E-state index >= 15 is 0 Å². The van der Waals surface area contributed by atoms with Gasteiger partial charge in [0, 0.05) is 12.6 Å². The van der Waals surface area contributed by atoms with E-state index in [4.69, 9.17) is 4.74 Å². The summed E-state index contributed by atoms with van der Waals surface area (Å²) < 4.78 is 4.73. The van der Waals surface area contributed by atoms with Gasteiger partial charge >= 0.3 is 5.97 Å². The number of hydrogen-bond donors (Lipinski definition) is 1. The van der Waals surface area contributed by atoms with E-state index in [9.17, 15) is 4.79 Å². The predicted molar refractivity (Wildman–Crippen MR) is 59.7 cm³/mol. The molecule has 0 aromatic heterocycles. The molecule has 0 radical (unpaired) electrons. The average Bonchev–Trinajstić information content (AvgIpc) is 2.65. The quantitative estimate of drug-likeness (QED) is 0.681. The summed E-state index contributed by atoms with van der Waals surface area (Å²) in [4.78, 5) is 13.8. The number of rotatable bonds is 5. The van der Waals surface area contributed by atoms with Crippen LogP contribution in [0, 0.1) is 0 Å². The van der Waals surface area contributed by atoms with Gasteiger partial charge in [-0.15, -0.1) is 0 Å². The highest BCUT2D eigenvalue weighted by Crippen LogP contribution is 2.16. The second kappa shape index (κ2) is 6.08. The fourth-order valence-corrected chi connectivity index (χ4v) is 2.14. The second-order valence-electron chi connectivity index (χ2n) is 4.18. The number of esters is 1. The van der Waals surface area contributed by atoms with Gasteiger partial charge in [0.15, 0.2) is 0 Å². The number of carbonyl (C=O) groups excluding carboxylic acids is 1. The Morgan fingerprint density at radius 1 is 1.67 bits per heavy atom. The number of likely N-dealkylation sites (tertiary alicyclic amines) is 1. The lowest BCUT2D eigenvalue weighted by atomic mass is 10.2. The molecule has 2 atom stereocenters. The summed E-state index contributed by atoms with van der Waals surface area (Å²) in [6.45, 7) is 4.39. The van der Waals surface area contributed by atoms with Crippen molar-refractivity contribution in [1.82, 2.24) is 10.2 Å². The van der Waals surface area contributed by atoms with Gasteiger partial charge in [0.2, 0.25) is 0 Å². The summed E-state index contributed by atoms with van der Waals surface area (Å²) in [5.74, 6) is -0.163. The summed E-state index contributed by atoms with van der Waals surface area (Å²) in [5, 5.41) is 2.99. The van der Waals surface area contributed by atoms with Crippen molar-refractivity contribution in [2.45, 2.75) is 38.3 Å². The van der Waals surface area contributed by atoms with Crippen molar-refractivity contribution >= 4 is 5.97 Å². The smallest absolute Gasteiger partial charge is 0.322 e. The van der Waals surface area contributed by atoms with Gasteiger partial charge in [-0.1, -0.05) is 0 Å². The van der Waals surface area contributed by atoms with Crippen LogP contribution in [0.3, 0.4) is 0 Å². The lowest BCUT2D eigenvalue weighted by Crippen LogP contribution is -2.39. The number of likely N-dealkylation sites (N-methyl/N-ethyl adjacent to an activating group) is 1.